The van der Waals surface area contributed by atoms with E-state index < -0.39 is 23.9 Å². The highest BCUT2D eigenvalue weighted by molar-refractivity contribution is 5.85. The number of carbonyl (C=O) groups is 2. The van der Waals surface area contributed by atoms with Crippen LogP contribution in [0, 0.1) is 11.8 Å². The van der Waals surface area contributed by atoms with Crippen molar-refractivity contribution in [2.75, 3.05) is 0 Å². The summed E-state index contributed by atoms with van der Waals surface area (Å²) in [5, 5.41) is 11.9. The molecule has 2 fully saturated rings. The minimum atomic E-state index is -2.67. The van der Waals surface area contributed by atoms with Gasteiger partial charge in [0.15, 0.2) is 0 Å². The summed E-state index contributed by atoms with van der Waals surface area (Å²) < 4.78 is 26.2. The first-order chi connectivity index (χ1) is 9.89. The van der Waals surface area contributed by atoms with Gasteiger partial charge >= 0.3 is 5.97 Å². The molecule has 6 heteroatoms. The lowest BCUT2D eigenvalue weighted by atomic mass is 9.82. The number of carboxylic acid groups (broad SMARTS) is 1. The normalized spacial score (nSPS) is 25.2. The molecule has 0 spiro atoms. The van der Waals surface area contributed by atoms with Crippen LogP contribution in [0.25, 0.3) is 0 Å². The third kappa shape index (κ3) is 4.38. The van der Waals surface area contributed by atoms with Crippen molar-refractivity contribution >= 4 is 11.9 Å². The third-order valence-electron chi connectivity index (χ3n) is 4.77. The fraction of sp³-hybridized carbons (Fsp3) is 0.867. The Kier molecular flexibility index (Phi) is 5.17. The zero-order chi connectivity index (χ0) is 15.5. The first-order valence-electron chi connectivity index (χ1n) is 7.80. The zero-order valence-electron chi connectivity index (χ0n) is 12.1. The predicted octanol–water partition coefficient (Wildman–Crippen LogP) is 2.96. The highest BCUT2D eigenvalue weighted by atomic mass is 19.3. The Balaban J connectivity index is 1.91. The molecular formula is C15H23F2NO3. The number of amides is 1. The minimum Gasteiger partial charge on any atom is -0.480 e. The maximum absolute atomic E-state index is 13.1. The van der Waals surface area contributed by atoms with Gasteiger partial charge in [-0.05, 0) is 31.6 Å². The van der Waals surface area contributed by atoms with E-state index >= 15 is 0 Å². The van der Waals surface area contributed by atoms with Crippen molar-refractivity contribution in [1.29, 1.82) is 0 Å². The Bertz CT molecular complexity index is 384. The number of carboxylic acids is 1. The number of carbonyl (C=O) groups excluding carboxylic acids is 1. The number of hydrogen-bond acceptors (Lipinski definition) is 2. The summed E-state index contributed by atoms with van der Waals surface area (Å²) >= 11 is 0. The molecule has 2 N–H and O–H groups in total. The van der Waals surface area contributed by atoms with Gasteiger partial charge in [-0.15, -0.1) is 0 Å². The molecule has 2 rings (SSSR count). The molecule has 0 aromatic rings. The molecule has 4 nitrogen and oxygen atoms in total. The smallest absolute Gasteiger partial charge is 0.326 e. The van der Waals surface area contributed by atoms with Crippen LogP contribution in [0.5, 0.6) is 0 Å². The molecule has 1 atom stereocenters. The molecule has 2 saturated carbocycles. The second-order valence-electron chi connectivity index (χ2n) is 6.35. The van der Waals surface area contributed by atoms with Crippen LogP contribution in [0.2, 0.25) is 0 Å². The van der Waals surface area contributed by atoms with Crippen LogP contribution in [0.3, 0.4) is 0 Å². The molecule has 0 aromatic carbocycles. The van der Waals surface area contributed by atoms with E-state index in [1.54, 1.807) is 0 Å². The number of nitrogens with one attached hydrogen (secondary N) is 1. The van der Waals surface area contributed by atoms with Crippen LogP contribution in [-0.2, 0) is 9.59 Å². The lowest BCUT2D eigenvalue weighted by Crippen LogP contribution is -2.49. The van der Waals surface area contributed by atoms with Gasteiger partial charge in [-0.3, -0.25) is 4.79 Å². The van der Waals surface area contributed by atoms with Gasteiger partial charge < -0.3 is 10.4 Å². The van der Waals surface area contributed by atoms with Crippen LogP contribution < -0.4 is 5.32 Å². The number of hydrogen-bond donors (Lipinski definition) is 2. The van der Waals surface area contributed by atoms with Crippen LogP contribution in [-0.4, -0.2) is 28.9 Å². The second kappa shape index (κ2) is 6.71. The van der Waals surface area contributed by atoms with Gasteiger partial charge in [-0.2, -0.15) is 0 Å². The molecule has 120 valence electrons. The Hall–Kier alpha value is -1.20. The summed E-state index contributed by atoms with van der Waals surface area (Å²) in [4.78, 5) is 23.5. The fourth-order valence-corrected chi connectivity index (χ4v) is 3.42. The van der Waals surface area contributed by atoms with E-state index in [9.17, 15) is 23.5 Å². The van der Waals surface area contributed by atoms with Crippen LogP contribution >= 0.6 is 0 Å². The highest BCUT2D eigenvalue weighted by Gasteiger charge is 2.39. The summed E-state index contributed by atoms with van der Waals surface area (Å²) in [5.41, 5.74) is 0. The molecule has 0 saturated heterocycles. The van der Waals surface area contributed by atoms with E-state index in [1.165, 1.54) is 0 Å². The van der Waals surface area contributed by atoms with Crippen molar-refractivity contribution in [2.45, 2.75) is 69.8 Å². The Labute approximate surface area is 123 Å². The molecule has 1 amide bonds. The average molecular weight is 303 g/mol. The Morgan fingerprint density at radius 3 is 2.14 bits per heavy atom. The van der Waals surface area contributed by atoms with Crippen molar-refractivity contribution in [3.8, 4) is 0 Å². The average Bonchev–Trinajstić information content (AvgIpc) is 2.45. The molecule has 2 aliphatic rings. The van der Waals surface area contributed by atoms with Gasteiger partial charge in [-0.25, -0.2) is 13.6 Å². The molecule has 21 heavy (non-hydrogen) atoms. The maximum Gasteiger partial charge on any atom is 0.326 e. The topological polar surface area (TPSA) is 66.4 Å². The first-order valence-corrected chi connectivity index (χ1v) is 7.80. The van der Waals surface area contributed by atoms with E-state index in [4.69, 9.17) is 0 Å². The lowest BCUT2D eigenvalue weighted by Gasteiger charge is -2.31. The van der Waals surface area contributed by atoms with E-state index in [0.717, 1.165) is 32.1 Å². The monoisotopic (exact) mass is 303 g/mol. The van der Waals surface area contributed by atoms with Crippen molar-refractivity contribution in [2.24, 2.45) is 11.8 Å². The zero-order valence-corrected chi connectivity index (χ0v) is 12.1. The molecule has 0 heterocycles. The van der Waals surface area contributed by atoms with Crippen LogP contribution in [0.1, 0.15) is 57.8 Å². The van der Waals surface area contributed by atoms with Crippen LogP contribution in [0.4, 0.5) is 8.78 Å². The summed E-state index contributed by atoms with van der Waals surface area (Å²) in [6, 6.07) is -0.875. The van der Waals surface area contributed by atoms with E-state index in [1.807, 2.05) is 0 Å². The number of alkyl halides is 2. The van der Waals surface area contributed by atoms with Crippen LogP contribution in [0.15, 0.2) is 0 Å². The predicted molar refractivity (Wildman–Crippen MR) is 73.0 cm³/mol. The maximum atomic E-state index is 13.1. The van der Waals surface area contributed by atoms with Crippen molar-refractivity contribution in [1.82, 2.24) is 5.32 Å². The Morgan fingerprint density at radius 2 is 1.62 bits per heavy atom. The van der Waals surface area contributed by atoms with Gasteiger partial charge in [-0.1, -0.05) is 19.3 Å². The summed E-state index contributed by atoms with van der Waals surface area (Å²) in [5.74, 6) is -4.58. The fourth-order valence-electron chi connectivity index (χ4n) is 3.42. The van der Waals surface area contributed by atoms with E-state index in [2.05, 4.69) is 5.32 Å². The quantitative estimate of drug-likeness (QED) is 0.839. The molecule has 0 bridgehead atoms. The molecule has 1 unspecified atom stereocenters. The van der Waals surface area contributed by atoms with Crippen molar-refractivity contribution < 1.29 is 23.5 Å². The van der Waals surface area contributed by atoms with Gasteiger partial charge in [0.05, 0.1) is 0 Å². The highest BCUT2D eigenvalue weighted by Crippen LogP contribution is 2.36. The first kappa shape index (κ1) is 16.2. The van der Waals surface area contributed by atoms with Gasteiger partial charge in [0, 0.05) is 18.8 Å². The number of aliphatic carboxylic acids is 1. The summed E-state index contributed by atoms with van der Waals surface area (Å²) in [6.45, 7) is 0. The summed E-state index contributed by atoms with van der Waals surface area (Å²) in [7, 11) is 0. The summed E-state index contributed by atoms with van der Waals surface area (Å²) in [6.07, 6.45) is 4.39. The number of halogens is 2. The SMILES string of the molecule is O=C(NC(C(=O)O)C1CCCCC1)C1CCC(F)(F)CC1. The Morgan fingerprint density at radius 1 is 1.05 bits per heavy atom. The van der Waals surface area contributed by atoms with Gasteiger partial charge in [0.25, 0.3) is 0 Å². The molecule has 0 aliphatic heterocycles. The van der Waals surface area contributed by atoms with E-state index in [0.29, 0.717) is 0 Å². The van der Waals surface area contributed by atoms with Crippen molar-refractivity contribution in [3.63, 3.8) is 0 Å². The lowest BCUT2D eigenvalue weighted by molar-refractivity contribution is -0.145. The largest absolute Gasteiger partial charge is 0.480 e. The second-order valence-corrected chi connectivity index (χ2v) is 6.35. The standard InChI is InChI=1S/C15H23F2NO3/c16-15(17)8-6-11(7-9-15)13(19)18-12(14(20)21)10-4-2-1-3-5-10/h10-12H,1-9H2,(H,18,19)(H,20,21). The molecule has 0 aromatic heterocycles. The van der Waals surface area contributed by atoms with Gasteiger partial charge in [0.2, 0.25) is 11.8 Å². The number of rotatable bonds is 4. The van der Waals surface area contributed by atoms with Crippen molar-refractivity contribution in [3.05, 3.63) is 0 Å². The van der Waals surface area contributed by atoms with E-state index in [-0.39, 0.29) is 37.5 Å². The minimum absolute atomic E-state index is 0.0368. The molecular weight excluding hydrogens is 280 g/mol. The third-order valence-corrected chi connectivity index (χ3v) is 4.77. The van der Waals surface area contributed by atoms with Gasteiger partial charge in [0.1, 0.15) is 6.04 Å². The molecule has 0 radical (unpaired) electrons. The molecule has 2 aliphatic carbocycles.